The van der Waals surface area contributed by atoms with Crippen molar-refractivity contribution in [2.75, 3.05) is 25.5 Å². The fraction of sp³-hybridized carbons (Fsp3) is 0.333. The molecule has 2 aromatic carbocycles. The first-order chi connectivity index (χ1) is 14.3. The summed E-state index contributed by atoms with van der Waals surface area (Å²) in [5.74, 6) is -1.53. The minimum atomic E-state index is -3.58. The molecule has 1 unspecified atom stereocenters. The number of methoxy groups -OCH3 is 1. The molecule has 0 aliphatic carbocycles. The molecular weight excluding hydrogens is 428 g/mol. The fourth-order valence-electron chi connectivity index (χ4n) is 3.41. The van der Waals surface area contributed by atoms with Crippen LogP contribution in [-0.2, 0) is 25.3 Å². The van der Waals surface area contributed by atoms with Crippen LogP contribution >= 0.6 is 11.6 Å². The number of piperidine rings is 1. The lowest BCUT2D eigenvalue weighted by Crippen LogP contribution is -2.44. The van der Waals surface area contributed by atoms with Gasteiger partial charge in [0.25, 0.3) is 0 Å². The maximum atomic E-state index is 12.8. The summed E-state index contributed by atoms with van der Waals surface area (Å²) in [7, 11) is -2.31. The molecule has 0 spiro atoms. The number of carbonyl (C=O) groups excluding carboxylic acids is 2. The SMILES string of the molecule is COC(=O)c1ccccc1NC(=O)C1CCCN(S(=O)(=O)Cc2ccc(Cl)cc2)C1. The van der Waals surface area contributed by atoms with Crippen molar-refractivity contribution in [3.05, 3.63) is 64.7 Å². The molecule has 0 bridgehead atoms. The van der Waals surface area contributed by atoms with Crippen molar-refractivity contribution in [1.29, 1.82) is 0 Å². The van der Waals surface area contributed by atoms with Crippen molar-refractivity contribution in [2.24, 2.45) is 5.92 Å². The number of amides is 1. The van der Waals surface area contributed by atoms with E-state index in [4.69, 9.17) is 16.3 Å². The first kappa shape index (κ1) is 22.3. The van der Waals surface area contributed by atoms with Gasteiger partial charge in [0.1, 0.15) is 0 Å². The Kier molecular flexibility index (Phi) is 7.12. The van der Waals surface area contributed by atoms with Gasteiger partial charge >= 0.3 is 5.97 Å². The van der Waals surface area contributed by atoms with Gasteiger partial charge in [0.05, 0.1) is 30.0 Å². The third-order valence-corrected chi connectivity index (χ3v) is 7.07. The van der Waals surface area contributed by atoms with Crippen molar-refractivity contribution >= 4 is 39.2 Å². The third kappa shape index (κ3) is 5.38. The molecule has 0 aromatic heterocycles. The molecule has 1 saturated heterocycles. The number of para-hydroxylation sites is 1. The first-order valence-corrected chi connectivity index (χ1v) is 11.5. The molecule has 7 nitrogen and oxygen atoms in total. The number of ether oxygens (including phenoxy) is 1. The summed E-state index contributed by atoms with van der Waals surface area (Å²) in [6.45, 7) is 0.473. The van der Waals surface area contributed by atoms with E-state index in [0.717, 1.165) is 0 Å². The summed E-state index contributed by atoms with van der Waals surface area (Å²) in [6, 6.07) is 13.2. The summed E-state index contributed by atoms with van der Waals surface area (Å²) in [5, 5.41) is 3.29. The van der Waals surface area contributed by atoms with Crippen molar-refractivity contribution in [2.45, 2.75) is 18.6 Å². The van der Waals surface area contributed by atoms with E-state index in [0.29, 0.717) is 35.7 Å². The number of sulfonamides is 1. The highest BCUT2D eigenvalue weighted by molar-refractivity contribution is 7.88. The van der Waals surface area contributed by atoms with Gasteiger partial charge in [0, 0.05) is 18.1 Å². The summed E-state index contributed by atoms with van der Waals surface area (Å²) in [5.41, 5.74) is 1.23. The molecule has 1 N–H and O–H groups in total. The highest BCUT2D eigenvalue weighted by Crippen LogP contribution is 2.24. The molecule has 0 saturated carbocycles. The van der Waals surface area contributed by atoms with E-state index in [9.17, 15) is 18.0 Å². The molecular formula is C21H23ClN2O5S. The number of nitrogens with zero attached hydrogens (tertiary/aromatic N) is 1. The van der Waals surface area contributed by atoms with Crippen LogP contribution in [0.3, 0.4) is 0 Å². The van der Waals surface area contributed by atoms with Crippen LogP contribution in [-0.4, -0.2) is 44.8 Å². The first-order valence-electron chi connectivity index (χ1n) is 9.50. The predicted molar refractivity (Wildman–Crippen MR) is 115 cm³/mol. The summed E-state index contributed by atoms with van der Waals surface area (Å²) in [6.07, 6.45) is 1.15. The van der Waals surface area contributed by atoms with Gasteiger partial charge in [0.15, 0.2) is 0 Å². The molecule has 1 aliphatic heterocycles. The van der Waals surface area contributed by atoms with Gasteiger partial charge in [-0.25, -0.2) is 17.5 Å². The number of hydrogen-bond acceptors (Lipinski definition) is 5. The molecule has 2 aromatic rings. The number of halogens is 1. The van der Waals surface area contributed by atoms with E-state index in [2.05, 4.69) is 5.32 Å². The highest BCUT2D eigenvalue weighted by atomic mass is 35.5. The molecule has 3 rings (SSSR count). The lowest BCUT2D eigenvalue weighted by Gasteiger charge is -2.31. The summed E-state index contributed by atoms with van der Waals surface area (Å²) in [4.78, 5) is 24.7. The zero-order valence-corrected chi connectivity index (χ0v) is 18.1. The molecule has 1 aliphatic rings. The number of carbonyl (C=O) groups is 2. The molecule has 1 heterocycles. The maximum absolute atomic E-state index is 12.8. The van der Waals surface area contributed by atoms with Gasteiger partial charge < -0.3 is 10.1 Å². The minimum absolute atomic E-state index is 0.0994. The fourth-order valence-corrected chi connectivity index (χ4v) is 5.14. The smallest absolute Gasteiger partial charge is 0.339 e. The predicted octanol–water partition coefficient (Wildman–Crippen LogP) is 3.31. The second-order valence-corrected chi connectivity index (χ2v) is 9.51. The topological polar surface area (TPSA) is 92.8 Å². The molecule has 1 atom stereocenters. The van der Waals surface area contributed by atoms with Crippen LogP contribution in [0, 0.1) is 5.92 Å². The standard InChI is InChI=1S/C21H23ClN2O5S/c1-29-21(26)18-6-2-3-7-19(18)23-20(25)16-5-4-12-24(13-16)30(27,28)14-15-8-10-17(22)11-9-15/h2-3,6-11,16H,4-5,12-14H2,1H3,(H,23,25). The number of anilines is 1. The minimum Gasteiger partial charge on any atom is -0.465 e. The van der Waals surface area contributed by atoms with Crippen molar-refractivity contribution in [3.8, 4) is 0 Å². The largest absolute Gasteiger partial charge is 0.465 e. The van der Waals surface area contributed by atoms with E-state index in [1.54, 1.807) is 48.5 Å². The highest BCUT2D eigenvalue weighted by Gasteiger charge is 2.32. The van der Waals surface area contributed by atoms with Crippen molar-refractivity contribution in [1.82, 2.24) is 4.31 Å². The average Bonchev–Trinajstić information content (AvgIpc) is 2.75. The van der Waals surface area contributed by atoms with Crippen LogP contribution in [0.25, 0.3) is 0 Å². The van der Waals surface area contributed by atoms with Gasteiger partial charge in [-0.3, -0.25) is 4.79 Å². The van der Waals surface area contributed by atoms with E-state index < -0.39 is 21.9 Å². The van der Waals surface area contributed by atoms with Crippen LogP contribution < -0.4 is 5.32 Å². The Balaban J connectivity index is 1.69. The molecule has 1 amide bonds. The average molecular weight is 451 g/mol. The Hall–Kier alpha value is -2.42. The van der Waals surface area contributed by atoms with Crippen LogP contribution in [0.15, 0.2) is 48.5 Å². The Morgan fingerprint density at radius 2 is 1.87 bits per heavy atom. The van der Waals surface area contributed by atoms with Gasteiger partial charge in [-0.1, -0.05) is 35.9 Å². The second-order valence-electron chi connectivity index (χ2n) is 7.11. The molecule has 1 fully saturated rings. The van der Waals surface area contributed by atoms with Crippen LogP contribution in [0.4, 0.5) is 5.69 Å². The van der Waals surface area contributed by atoms with Gasteiger partial charge in [-0.15, -0.1) is 0 Å². The van der Waals surface area contributed by atoms with E-state index >= 15 is 0 Å². The number of esters is 1. The van der Waals surface area contributed by atoms with Crippen molar-refractivity contribution in [3.63, 3.8) is 0 Å². The lowest BCUT2D eigenvalue weighted by atomic mass is 9.98. The van der Waals surface area contributed by atoms with Gasteiger partial charge in [-0.05, 0) is 42.7 Å². The van der Waals surface area contributed by atoms with E-state index in [1.165, 1.54) is 11.4 Å². The third-order valence-electron chi connectivity index (χ3n) is 5.00. The van der Waals surface area contributed by atoms with Gasteiger partial charge in [-0.2, -0.15) is 0 Å². The Labute approximate surface area is 181 Å². The Morgan fingerprint density at radius 3 is 2.57 bits per heavy atom. The normalized spacial score (nSPS) is 17.3. The summed E-state index contributed by atoms with van der Waals surface area (Å²) < 4.78 is 31.8. The van der Waals surface area contributed by atoms with Crippen LogP contribution in [0.5, 0.6) is 0 Å². The number of nitrogens with one attached hydrogen (secondary N) is 1. The zero-order valence-electron chi connectivity index (χ0n) is 16.5. The van der Waals surface area contributed by atoms with Crippen LogP contribution in [0.2, 0.25) is 5.02 Å². The Bertz CT molecular complexity index is 1020. The number of benzene rings is 2. The quantitative estimate of drug-likeness (QED) is 0.681. The van der Waals surface area contributed by atoms with Crippen LogP contribution in [0.1, 0.15) is 28.8 Å². The van der Waals surface area contributed by atoms with Crippen molar-refractivity contribution < 1.29 is 22.7 Å². The molecule has 30 heavy (non-hydrogen) atoms. The zero-order chi connectivity index (χ0) is 21.7. The maximum Gasteiger partial charge on any atom is 0.339 e. The lowest BCUT2D eigenvalue weighted by molar-refractivity contribution is -0.120. The number of rotatable bonds is 6. The Morgan fingerprint density at radius 1 is 1.17 bits per heavy atom. The molecule has 9 heteroatoms. The second kappa shape index (κ2) is 9.59. The van der Waals surface area contributed by atoms with E-state index in [-0.39, 0.29) is 23.8 Å². The molecule has 160 valence electrons. The summed E-state index contributed by atoms with van der Waals surface area (Å²) >= 11 is 5.86. The van der Waals surface area contributed by atoms with Gasteiger partial charge in [0.2, 0.25) is 15.9 Å². The monoisotopic (exact) mass is 450 g/mol. The number of hydrogen-bond donors (Lipinski definition) is 1. The molecule has 0 radical (unpaired) electrons. The van der Waals surface area contributed by atoms with E-state index in [1.807, 2.05) is 0 Å².